The number of rotatable bonds is 4. The van der Waals surface area contributed by atoms with Crippen LogP contribution in [0.2, 0.25) is 5.15 Å². The molecule has 3 aromatic heterocycles. The molecule has 0 atom stereocenters. The second-order valence-electron chi connectivity index (χ2n) is 7.58. The van der Waals surface area contributed by atoms with Gasteiger partial charge in [-0.2, -0.15) is 0 Å². The lowest BCUT2D eigenvalue weighted by molar-refractivity contribution is 0.0601. The van der Waals surface area contributed by atoms with Crippen molar-refractivity contribution in [2.45, 2.75) is 44.7 Å². The number of nitrogens with zero attached hydrogens (tertiary/aromatic N) is 2. The largest absolute Gasteiger partial charge is 0.467 e. The van der Waals surface area contributed by atoms with Crippen LogP contribution in [0.4, 0.5) is 0 Å². The number of halogens is 1. The minimum Gasteiger partial charge on any atom is -0.467 e. The summed E-state index contributed by atoms with van der Waals surface area (Å²) in [6.45, 7) is 0.497. The molecule has 148 valence electrons. The molecule has 0 unspecified atom stereocenters. The molecule has 4 aromatic rings. The van der Waals surface area contributed by atoms with Crippen molar-refractivity contribution in [2.75, 3.05) is 0 Å². The van der Waals surface area contributed by atoms with Gasteiger partial charge in [0, 0.05) is 21.5 Å². The van der Waals surface area contributed by atoms with E-state index in [-0.39, 0.29) is 11.9 Å². The van der Waals surface area contributed by atoms with Gasteiger partial charge in [0.2, 0.25) is 0 Å². The average Bonchev–Trinajstić information content (AvgIpc) is 3.43. The molecule has 0 saturated heterocycles. The molecular weight excluding hydrogens is 404 g/mol. The number of thiophene rings is 1. The molecule has 1 aromatic carbocycles. The molecule has 0 bridgehead atoms. The van der Waals surface area contributed by atoms with Gasteiger partial charge in [0.1, 0.15) is 10.9 Å². The van der Waals surface area contributed by atoms with Gasteiger partial charge in [-0.1, -0.05) is 49.1 Å². The number of fused-ring (bicyclic) bond motifs is 3. The SMILES string of the molecule is O=C(c1cc2c(Cl)nc3ccccc3c2s1)N(Cc1ccco1)C1CCCCC1. The molecule has 0 spiro atoms. The van der Waals surface area contributed by atoms with E-state index in [0.29, 0.717) is 16.6 Å². The molecule has 1 amide bonds. The number of carbonyl (C=O) groups is 1. The number of pyridine rings is 1. The average molecular weight is 425 g/mol. The minimum absolute atomic E-state index is 0.0506. The molecule has 0 N–H and O–H groups in total. The van der Waals surface area contributed by atoms with E-state index in [9.17, 15) is 4.79 Å². The lowest BCUT2D eigenvalue weighted by Crippen LogP contribution is -2.40. The summed E-state index contributed by atoms with van der Waals surface area (Å²) in [5, 5.41) is 2.33. The normalized spacial score (nSPS) is 15.2. The molecule has 1 aliphatic carbocycles. The van der Waals surface area contributed by atoms with Crippen LogP contribution in [0.5, 0.6) is 0 Å². The predicted octanol–water partition coefficient (Wildman–Crippen LogP) is 6.67. The summed E-state index contributed by atoms with van der Waals surface area (Å²) < 4.78 is 6.57. The fourth-order valence-electron chi connectivity index (χ4n) is 4.25. The quantitative estimate of drug-likeness (QED) is 0.343. The predicted molar refractivity (Wildman–Crippen MR) is 118 cm³/mol. The standard InChI is InChI=1S/C23H21ClN2O2S/c24-22-18-13-20(29-21(18)17-10-4-5-11-19(17)25-22)23(27)26(14-16-9-6-12-28-16)15-7-2-1-3-8-15/h4-6,9-13,15H,1-3,7-8,14H2. The zero-order chi connectivity index (χ0) is 19.8. The number of benzene rings is 1. The number of amides is 1. The monoisotopic (exact) mass is 424 g/mol. The van der Waals surface area contributed by atoms with Gasteiger partial charge in [0.05, 0.1) is 23.2 Å². The Morgan fingerprint density at radius 2 is 1.97 bits per heavy atom. The van der Waals surface area contributed by atoms with Crippen molar-refractivity contribution in [3.63, 3.8) is 0 Å². The summed E-state index contributed by atoms with van der Waals surface area (Å²) in [5.74, 6) is 0.866. The van der Waals surface area contributed by atoms with E-state index in [1.165, 1.54) is 30.6 Å². The first kappa shape index (κ1) is 18.6. The first-order chi connectivity index (χ1) is 14.2. The van der Waals surface area contributed by atoms with E-state index in [1.807, 2.05) is 47.4 Å². The summed E-state index contributed by atoms with van der Waals surface area (Å²) in [7, 11) is 0. The lowest BCUT2D eigenvalue weighted by atomic mass is 9.94. The summed E-state index contributed by atoms with van der Waals surface area (Å²) >= 11 is 7.96. The van der Waals surface area contributed by atoms with Gasteiger partial charge < -0.3 is 9.32 Å². The Balaban J connectivity index is 1.56. The Labute approximate surface area is 178 Å². The number of hydrogen-bond donors (Lipinski definition) is 0. The summed E-state index contributed by atoms with van der Waals surface area (Å²) in [4.78, 5) is 20.8. The van der Waals surface area contributed by atoms with Gasteiger partial charge in [-0.25, -0.2) is 4.98 Å². The van der Waals surface area contributed by atoms with Gasteiger partial charge in [0.25, 0.3) is 5.91 Å². The molecule has 1 fully saturated rings. The zero-order valence-corrected chi connectivity index (χ0v) is 17.5. The van der Waals surface area contributed by atoms with Gasteiger partial charge in [0.15, 0.2) is 0 Å². The van der Waals surface area contributed by atoms with Gasteiger partial charge >= 0.3 is 0 Å². The van der Waals surface area contributed by atoms with Crippen molar-refractivity contribution in [3.8, 4) is 0 Å². The maximum absolute atomic E-state index is 13.6. The van der Waals surface area contributed by atoms with Crippen molar-refractivity contribution in [3.05, 3.63) is 64.5 Å². The van der Waals surface area contributed by atoms with Crippen molar-refractivity contribution in [2.24, 2.45) is 0 Å². The van der Waals surface area contributed by atoms with E-state index in [0.717, 1.165) is 39.6 Å². The fourth-order valence-corrected chi connectivity index (χ4v) is 5.70. The fraction of sp³-hybridized carbons (Fsp3) is 0.304. The molecule has 1 aliphatic rings. The Kier molecular flexibility index (Phi) is 5.02. The van der Waals surface area contributed by atoms with Crippen LogP contribution < -0.4 is 0 Å². The van der Waals surface area contributed by atoms with Crippen molar-refractivity contribution in [1.82, 2.24) is 9.88 Å². The minimum atomic E-state index is 0.0506. The molecule has 3 heterocycles. The zero-order valence-electron chi connectivity index (χ0n) is 15.9. The van der Waals surface area contributed by atoms with E-state index >= 15 is 0 Å². The molecule has 0 aliphatic heterocycles. The van der Waals surface area contributed by atoms with Crippen molar-refractivity contribution >= 4 is 49.8 Å². The highest BCUT2D eigenvalue weighted by atomic mass is 35.5. The Morgan fingerprint density at radius 3 is 2.76 bits per heavy atom. The molecule has 29 heavy (non-hydrogen) atoms. The first-order valence-corrected chi connectivity index (χ1v) is 11.2. The molecule has 1 saturated carbocycles. The second kappa shape index (κ2) is 7.81. The van der Waals surface area contributed by atoms with Crippen LogP contribution in [0.15, 0.2) is 53.1 Å². The van der Waals surface area contributed by atoms with Crippen molar-refractivity contribution < 1.29 is 9.21 Å². The van der Waals surface area contributed by atoms with Crippen LogP contribution in [0.1, 0.15) is 47.5 Å². The molecule has 6 heteroatoms. The lowest BCUT2D eigenvalue weighted by Gasteiger charge is -2.33. The maximum Gasteiger partial charge on any atom is 0.264 e. The highest BCUT2D eigenvalue weighted by Gasteiger charge is 2.28. The van der Waals surface area contributed by atoms with Gasteiger partial charge in [-0.15, -0.1) is 11.3 Å². The number of hydrogen-bond acceptors (Lipinski definition) is 4. The van der Waals surface area contributed by atoms with E-state index in [1.54, 1.807) is 6.26 Å². The Bertz CT molecular complexity index is 1160. The number of furan rings is 1. The van der Waals surface area contributed by atoms with Crippen LogP contribution in [0.3, 0.4) is 0 Å². The van der Waals surface area contributed by atoms with Crippen LogP contribution in [-0.4, -0.2) is 21.8 Å². The van der Waals surface area contributed by atoms with Gasteiger partial charge in [-0.05, 0) is 37.1 Å². The van der Waals surface area contributed by atoms with Crippen LogP contribution in [-0.2, 0) is 6.54 Å². The highest BCUT2D eigenvalue weighted by Crippen LogP contribution is 2.37. The highest BCUT2D eigenvalue weighted by molar-refractivity contribution is 7.21. The first-order valence-electron chi connectivity index (χ1n) is 10.0. The Morgan fingerprint density at radius 1 is 1.14 bits per heavy atom. The maximum atomic E-state index is 13.6. The van der Waals surface area contributed by atoms with Crippen LogP contribution >= 0.6 is 22.9 Å². The molecular formula is C23H21ClN2O2S. The molecule has 0 radical (unpaired) electrons. The number of carbonyl (C=O) groups excluding carboxylic acids is 1. The Hall–Kier alpha value is -2.37. The van der Waals surface area contributed by atoms with Gasteiger partial charge in [-0.3, -0.25) is 4.79 Å². The topological polar surface area (TPSA) is 46.3 Å². The summed E-state index contributed by atoms with van der Waals surface area (Å²) in [6.07, 6.45) is 7.33. The number of aromatic nitrogens is 1. The number of para-hydroxylation sites is 1. The van der Waals surface area contributed by atoms with Crippen LogP contribution in [0, 0.1) is 0 Å². The third kappa shape index (κ3) is 3.53. The summed E-state index contributed by atoms with van der Waals surface area (Å²) in [6, 6.07) is 13.9. The van der Waals surface area contributed by atoms with Crippen LogP contribution in [0.25, 0.3) is 21.0 Å². The van der Waals surface area contributed by atoms with E-state index in [2.05, 4.69) is 4.98 Å². The van der Waals surface area contributed by atoms with E-state index < -0.39 is 0 Å². The van der Waals surface area contributed by atoms with Crippen molar-refractivity contribution in [1.29, 1.82) is 0 Å². The third-order valence-corrected chi connectivity index (χ3v) is 7.16. The summed E-state index contributed by atoms with van der Waals surface area (Å²) in [5.41, 5.74) is 0.852. The second-order valence-corrected chi connectivity index (χ2v) is 8.99. The molecule has 4 nitrogen and oxygen atoms in total. The molecule has 5 rings (SSSR count). The van der Waals surface area contributed by atoms with E-state index in [4.69, 9.17) is 16.0 Å². The third-order valence-electron chi connectivity index (χ3n) is 5.72. The smallest absolute Gasteiger partial charge is 0.264 e.